The van der Waals surface area contributed by atoms with E-state index in [-0.39, 0.29) is 17.4 Å². The van der Waals surface area contributed by atoms with E-state index in [0.717, 1.165) is 0 Å². The number of halogens is 3. The first-order chi connectivity index (χ1) is 17.7. The predicted molar refractivity (Wildman–Crippen MR) is 136 cm³/mol. The van der Waals surface area contributed by atoms with E-state index in [0.29, 0.717) is 71.6 Å². The van der Waals surface area contributed by atoms with Crippen molar-refractivity contribution in [3.8, 4) is 11.8 Å². The van der Waals surface area contributed by atoms with Crippen LogP contribution in [0, 0.1) is 23.2 Å². The summed E-state index contributed by atoms with van der Waals surface area (Å²) < 4.78 is 36.6. The van der Waals surface area contributed by atoms with E-state index in [2.05, 4.69) is 26.7 Å². The number of nitrogens with zero attached hydrogens (tertiary/aromatic N) is 5. The lowest BCUT2D eigenvalue weighted by molar-refractivity contribution is -0.0579. The third-order valence-electron chi connectivity index (χ3n) is 7.22. The zero-order chi connectivity index (χ0) is 25.9. The van der Waals surface area contributed by atoms with Crippen LogP contribution in [0.15, 0.2) is 29.2 Å². The van der Waals surface area contributed by atoms with Gasteiger partial charge in [0.25, 0.3) is 5.56 Å². The molecule has 4 heterocycles. The molecule has 37 heavy (non-hydrogen) atoms. The molecule has 0 radical (unpaired) electrons. The van der Waals surface area contributed by atoms with Crippen molar-refractivity contribution in [3.63, 3.8) is 0 Å². The molecule has 9 nitrogen and oxygen atoms in total. The third kappa shape index (κ3) is 4.19. The van der Waals surface area contributed by atoms with Crippen LogP contribution in [0.1, 0.15) is 19.3 Å². The predicted octanol–water partition coefficient (Wildman–Crippen LogP) is 4.29. The summed E-state index contributed by atoms with van der Waals surface area (Å²) in [6.07, 6.45) is 3.42. The van der Waals surface area contributed by atoms with Gasteiger partial charge in [0.15, 0.2) is 12.4 Å². The fraction of sp³-hybridized carbons (Fsp3) is 0.440. The van der Waals surface area contributed by atoms with Gasteiger partial charge in [-0.2, -0.15) is 10.2 Å². The quantitative estimate of drug-likeness (QED) is 0.506. The minimum Gasteiger partial charge on any atom is -0.480 e. The summed E-state index contributed by atoms with van der Waals surface area (Å²) in [6, 6.07) is 6.35. The van der Waals surface area contributed by atoms with Crippen molar-refractivity contribution < 1.29 is 13.5 Å². The highest BCUT2D eigenvalue weighted by atomic mass is 35.5. The number of fused-ring (bicyclic) bond motifs is 3. The van der Waals surface area contributed by atoms with Crippen LogP contribution in [0.4, 0.5) is 31.9 Å². The van der Waals surface area contributed by atoms with Gasteiger partial charge in [-0.25, -0.2) is 13.8 Å². The highest BCUT2D eigenvalue weighted by Gasteiger charge is 2.51. The van der Waals surface area contributed by atoms with Crippen LogP contribution >= 0.6 is 11.6 Å². The van der Waals surface area contributed by atoms with E-state index >= 15 is 0 Å². The van der Waals surface area contributed by atoms with Crippen molar-refractivity contribution >= 4 is 45.6 Å². The number of rotatable bonds is 5. The number of pyridine rings is 1. The Balaban J connectivity index is 1.36. The van der Waals surface area contributed by atoms with E-state index < -0.39 is 24.1 Å². The lowest BCUT2D eigenvalue weighted by Crippen LogP contribution is -2.47. The van der Waals surface area contributed by atoms with Gasteiger partial charge in [0.05, 0.1) is 29.5 Å². The SMILES string of the molecule is Cn1c(=O)c2c(c3cc(Nc4nc(N5CC(CC#N)C5)ncc4Cl)ccc31)N[C@@H](C1CC1)C(F)(F)CO2. The number of aryl methyl sites for hydroxylation is 1. The Morgan fingerprint density at radius 1 is 1.35 bits per heavy atom. The summed E-state index contributed by atoms with van der Waals surface area (Å²) >= 11 is 6.37. The van der Waals surface area contributed by atoms with Gasteiger partial charge in [0, 0.05) is 43.5 Å². The topological polar surface area (TPSA) is 108 Å². The average molecular weight is 528 g/mol. The molecule has 3 aliphatic rings. The first kappa shape index (κ1) is 23.7. The van der Waals surface area contributed by atoms with E-state index in [9.17, 15) is 13.6 Å². The summed E-state index contributed by atoms with van der Waals surface area (Å²) in [4.78, 5) is 23.8. The normalized spacial score (nSPS) is 20.7. The van der Waals surface area contributed by atoms with Crippen LogP contribution in [0.2, 0.25) is 5.02 Å². The Kier molecular flexibility index (Phi) is 5.60. The molecule has 0 spiro atoms. The molecule has 3 aromatic rings. The molecule has 1 saturated carbocycles. The molecule has 0 amide bonds. The molecule has 2 fully saturated rings. The molecule has 12 heteroatoms. The average Bonchev–Trinajstić information content (AvgIpc) is 3.69. The largest absolute Gasteiger partial charge is 0.480 e. The molecular weight excluding hydrogens is 504 g/mol. The molecule has 0 bridgehead atoms. The maximum atomic E-state index is 14.9. The highest BCUT2D eigenvalue weighted by molar-refractivity contribution is 6.33. The Morgan fingerprint density at radius 2 is 2.14 bits per heavy atom. The van der Waals surface area contributed by atoms with Gasteiger partial charge in [-0.15, -0.1) is 0 Å². The number of nitrogens with one attached hydrogen (secondary N) is 2. The molecule has 6 rings (SSSR count). The number of ether oxygens (including phenoxy) is 1. The minimum atomic E-state index is -3.11. The van der Waals surface area contributed by atoms with Crippen molar-refractivity contribution in [3.05, 3.63) is 39.8 Å². The molecule has 0 unspecified atom stereocenters. The van der Waals surface area contributed by atoms with Gasteiger partial charge in [-0.05, 0) is 37.0 Å². The first-order valence-corrected chi connectivity index (χ1v) is 12.5. The lowest BCUT2D eigenvalue weighted by Gasteiger charge is -2.38. The molecule has 2 N–H and O–H groups in total. The van der Waals surface area contributed by atoms with Crippen molar-refractivity contribution in [2.24, 2.45) is 18.9 Å². The number of alkyl halides is 2. The third-order valence-corrected chi connectivity index (χ3v) is 7.50. The molecule has 192 valence electrons. The van der Waals surface area contributed by atoms with Crippen LogP contribution in [-0.2, 0) is 7.05 Å². The van der Waals surface area contributed by atoms with Crippen LogP contribution in [0.5, 0.6) is 5.75 Å². The van der Waals surface area contributed by atoms with Gasteiger partial charge in [0.1, 0.15) is 5.02 Å². The molecule has 2 aromatic heterocycles. The van der Waals surface area contributed by atoms with Gasteiger partial charge >= 0.3 is 5.92 Å². The lowest BCUT2D eigenvalue weighted by atomic mass is 9.98. The van der Waals surface area contributed by atoms with Crippen LogP contribution < -0.4 is 25.8 Å². The van der Waals surface area contributed by atoms with E-state index in [4.69, 9.17) is 21.6 Å². The summed E-state index contributed by atoms with van der Waals surface area (Å²) in [7, 11) is 1.59. The van der Waals surface area contributed by atoms with Crippen molar-refractivity contribution in [2.45, 2.75) is 31.2 Å². The molecular formula is C25H24ClF2N7O2. The van der Waals surface area contributed by atoms with E-state index in [1.165, 1.54) is 10.8 Å². The summed E-state index contributed by atoms with van der Waals surface area (Å²) in [5.74, 6) is -2.20. The standard InChI is InChI=1S/C25H24ClF2N7O2/c1-34-18-5-4-15(31-22-17(26)9-30-24(33-22)35-10-13(11-35)6-7-29)8-16(18)19-20(23(34)36)37-12-25(27,28)21(32-19)14-2-3-14/h4-5,8-9,13-14,21,32H,2-3,6,10-12H2,1H3,(H,30,31,33)/t21-/m0/s1. The Labute approximate surface area is 216 Å². The van der Waals surface area contributed by atoms with E-state index in [1.54, 1.807) is 25.2 Å². The number of hydrogen-bond acceptors (Lipinski definition) is 8. The fourth-order valence-corrected chi connectivity index (χ4v) is 5.15. The second-order valence-electron chi connectivity index (χ2n) is 9.93. The second kappa shape index (κ2) is 8.73. The van der Waals surface area contributed by atoms with Crippen molar-refractivity contribution in [1.29, 1.82) is 5.26 Å². The summed E-state index contributed by atoms with van der Waals surface area (Å²) in [5.41, 5.74) is 0.973. The number of nitriles is 1. The maximum Gasteiger partial charge on any atom is 0.301 e. The zero-order valence-electron chi connectivity index (χ0n) is 20.0. The molecule has 1 aromatic carbocycles. The molecule has 2 aliphatic heterocycles. The van der Waals surface area contributed by atoms with Crippen LogP contribution in [0.25, 0.3) is 10.9 Å². The zero-order valence-corrected chi connectivity index (χ0v) is 20.7. The van der Waals surface area contributed by atoms with Gasteiger partial charge in [-0.3, -0.25) is 4.79 Å². The Morgan fingerprint density at radius 3 is 2.86 bits per heavy atom. The number of anilines is 4. The molecule has 1 saturated heterocycles. The Hall–Kier alpha value is -3.65. The first-order valence-electron chi connectivity index (χ1n) is 12.1. The van der Waals surface area contributed by atoms with Gasteiger partial charge < -0.3 is 24.8 Å². The second-order valence-corrected chi connectivity index (χ2v) is 10.3. The van der Waals surface area contributed by atoms with Crippen LogP contribution in [-0.4, -0.2) is 46.2 Å². The maximum absolute atomic E-state index is 14.9. The van der Waals surface area contributed by atoms with E-state index in [1.807, 2.05) is 4.90 Å². The monoisotopic (exact) mass is 527 g/mol. The minimum absolute atomic E-state index is 0.109. The number of aromatic nitrogens is 3. The number of benzene rings is 1. The van der Waals surface area contributed by atoms with Crippen molar-refractivity contribution in [1.82, 2.24) is 14.5 Å². The summed E-state index contributed by atoms with van der Waals surface area (Å²) in [5, 5.41) is 15.9. The fourth-order valence-electron chi connectivity index (χ4n) is 5.01. The van der Waals surface area contributed by atoms with Gasteiger partial charge in [0.2, 0.25) is 11.7 Å². The summed E-state index contributed by atoms with van der Waals surface area (Å²) in [6.45, 7) is 0.546. The Bertz CT molecular complexity index is 1500. The van der Waals surface area contributed by atoms with Crippen LogP contribution in [0.3, 0.4) is 0 Å². The molecule has 1 aliphatic carbocycles. The van der Waals surface area contributed by atoms with Gasteiger partial charge in [-0.1, -0.05) is 11.6 Å². The van der Waals surface area contributed by atoms with Crippen molar-refractivity contribution in [2.75, 3.05) is 35.2 Å². The highest BCUT2D eigenvalue weighted by Crippen LogP contribution is 2.45. The number of hydrogen-bond donors (Lipinski definition) is 2. The smallest absolute Gasteiger partial charge is 0.301 e. The molecule has 1 atom stereocenters.